The summed E-state index contributed by atoms with van der Waals surface area (Å²) in [6, 6.07) is 5.47. The summed E-state index contributed by atoms with van der Waals surface area (Å²) in [6.45, 7) is 5.86. The fourth-order valence-corrected chi connectivity index (χ4v) is 3.85. The Hall–Kier alpha value is -1.36. The molecule has 1 aromatic rings. The van der Waals surface area contributed by atoms with Crippen molar-refractivity contribution in [2.45, 2.75) is 51.3 Å². The minimum Gasteiger partial charge on any atom is -0.466 e. The Labute approximate surface area is 127 Å². The highest BCUT2D eigenvalue weighted by Gasteiger charge is 2.16. The predicted molar refractivity (Wildman–Crippen MR) is 83.1 cm³/mol. The number of esters is 1. The van der Waals surface area contributed by atoms with Gasteiger partial charge in [-0.25, -0.2) is 8.42 Å². The molecular formula is C16H24O4S. The fourth-order valence-electron chi connectivity index (χ4n) is 2.12. The summed E-state index contributed by atoms with van der Waals surface area (Å²) in [5.74, 6) is -0.0880. The first-order valence-corrected chi connectivity index (χ1v) is 8.97. The number of rotatable bonds is 8. The Morgan fingerprint density at radius 2 is 1.86 bits per heavy atom. The molecule has 0 saturated carbocycles. The highest BCUT2D eigenvalue weighted by atomic mass is 32.2. The van der Waals surface area contributed by atoms with E-state index in [9.17, 15) is 13.2 Å². The van der Waals surface area contributed by atoms with Gasteiger partial charge in [-0.2, -0.15) is 0 Å². The molecule has 21 heavy (non-hydrogen) atoms. The van der Waals surface area contributed by atoms with Gasteiger partial charge in [0.15, 0.2) is 9.84 Å². The highest BCUT2D eigenvalue weighted by Crippen LogP contribution is 2.19. The number of carbonyl (C=O) groups excluding carboxylic acids is 1. The minimum absolute atomic E-state index is 0.125. The Bertz CT molecular complexity index is 576. The topological polar surface area (TPSA) is 60.4 Å². The predicted octanol–water partition coefficient (Wildman–Crippen LogP) is 3.20. The van der Waals surface area contributed by atoms with Crippen LogP contribution < -0.4 is 0 Å². The molecule has 5 heteroatoms. The summed E-state index contributed by atoms with van der Waals surface area (Å²) >= 11 is 0. The number of carbonyl (C=O) groups is 1. The van der Waals surface area contributed by atoms with Crippen molar-refractivity contribution >= 4 is 15.8 Å². The smallest absolute Gasteiger partial charge is 0.305 e. The second-order valence-corrected chi connectivity index (χ2v) is 7.28. The van der Waals surface area contributed by atoms with Crippen LogP contribution >= 0.6 is 0 Å². The lowest BCUT2D eigenvalue weighted by molar-refractivity contribution is -0.143. The molecule has 0 aliphatic carbocycles. The summed E-state index contributed by atoms with van der Waals surface area (Å²) in [5, 5.41) is 0. The second kappa shape index (κ2) is 8.17. The molecule has 0 aromatic heterocycles. The molecule has 0 saturated heterocycles. The summed E-state index contributed by atoms with van der Waals surface area (Å²) < 4.78 is 29.5. The molecule has 118 valence electrons. The van der Waals surface area contributed by atoms with Gasteiger partial charge in [0.05, 0.1) is 17.3 Å². The van der Waals surface area contributed by atoms with Gasteiger partial charge in [-0.3, -0.25) is 4.79 Å². The van der Waals surface area contributed by atoms with Crippen LogP contribution in [0.2, 0.25) is 0 Å². The van der Waals surface area contributed by atoms with Gasteiger partial charge >= 0.3 is 5.97 Å². The number of ether oxygens (including phenoxy) is 1. The minimum atomic E-state index is -3.24. The number of hydrogen-bond acceptors (Lipinski definition) is 4. The molecule has 0 spiro atoms. The van der Waals surface area contributed by atoms with Crippen LogP contribution in [0.25, 0.3) is 0 Å². The maximum Gasteiger partial charge on any atom is 0.305 e. The lowest BCUT2D eigenvalue weighted by Gasteiger charge is -2.08. The summed E-state index contributed by atoms with van der Waals surface area (Å²) in [6.07, 6.45) is 2.30. The molecule has 0 aliphatic heterocycles. The van der Waals surface area contributed by atoms with Gasteiger partial charge in [-0.15, -0.1) is 0 Å². The van der Waals surface area contributed by atoms with Crippen LogP contribution in [0.1, 0.15) is 43.7 Å². The third-order valence-electron chi connectivity index (χ3n) is 3.28. The SMILES string of the molecule is CCOC(=O)CCCCCS(=O)(=O)c1cc(C)ccc1C. The maximum absolute atomic E-state index is 12.3. The number of hydrogen-bond donors (Lipinski definition) is 0. The van der Waals surface area contributed by atoms with E-state index in [2.05, 4.69) is 0 Å². The average Bonchev–Trinajstić information content (AvgIpc) is 2.41. The molecule has 0 aliphatic rings. The van der Waals surface area contributed by atoms with Crippen molar-refractivity contribution in [2.75, 3.05) is 12.4 Å². The zero-order valence-electron chi connectivity index (χ0n) is 13.0. The molecule has 0 bridgehead atoms. The number of unbranched alkanes of at least 4 members (excludes halogenated alkanes) is 2. The molecule has 0 amide bonds. The zero-order valence-corrected chi connectivity index (χ0v) is 13.8. The van der Waals surface area contributed by atoms with Crippen molar-refractivity contribution in [1.29, 1.82) is 0 Å². The third-order valence-corrected chi connectivity index (χ3v) is 5.21. The van der Waals surface area contributed by atoms with Crippen molar-refractivity contribution in [1.82, 2.24) is 0 Å². The number of aryl methyl sites for hydroxylation is 2. The molecule has 1 rings (SSSR count). The van der Waals surface area contributed by atoms with E-state index < -0.39 is 9.84 Å². The molecule has 0 fully saturated rings. The maximum atomic E-state index is 12.3. The van der Waals surface area contributed by atoms with E-state index in [0.29, 0.717) is 37.2 Å². The van der Waals surface area contributed by atoms with Crippen LogP contribution in [0.4, 0.5) is 0 Å². The van der Waals surface area contributed by atoms with Crippen molar-refractivity contribution < 1.29 is 17.9 Å². The molecule has 0 unspecified atom stereocenters. The van der Waals surface area contributed by atoms with E-state index in [1.165, 1.54) is 0 Å². The molecule has 1 aromatic carbocycles. The number of sulfone groups is 1. The Morgan fingerprint density at radius 3 is 2.52 bits per heavy atom. The van der Waals surface area contributed by atoms with Crippen LogP contribution in [0.3, 0.4) is 0 Å². The van der Waals surface area contributed by atoms with Gasteiger partial charge in [0.2, 0.25) is 0 Å². The van der Waals surface area contributed by atoms with Crippen LogP contribution in [0.15, 0.2) is 23.1 Å². The normalized spacial score (nSPS) is 11.4. The van der Waals surface area contributed by atoms with Crippen molar-refractivity contribution in [2.24, 2.45) is 0 Å². The van der Waals surface area contributed by atoms with Crippen molar-refractivity contribution in [3.8, 4) is 0 Å². The summed E-state index contributed by atoms with van der Waals surface area (Å²) in [4.78, 5) is 11.6. The van der Waals surface area contributed by atoms with Crippen LogP contribution in [-0.4, -0.2) is 26.7 Å². The van der Waals surface area contributed by atoms with Gasteiger partial charge in [0.1, 0.15) is 0 Å². The zero-order chi connectivity index (χ0) is 15.9. The van der Waals surface area contributed by atoms with E-state index in [4.69, 9.17) is 4.74 Å². The molecule has 0 N–H and O–H groups in total. The Kier molecular flexibility index (Phi) is 6.89. The van der Waals surface area contributed by atoms with Crippen LogP contribution in [0, 0.1) is 13.8 Å². The van der Waals surface area contributed by atoms with Crippen LogP contribution in [0.5, 0.6) is 0 Å². The van der Waals surface area contributed by atoms with E-state index in [-0.39, 0.29) is 11.7 Å². The van der Waals surface area contributed by atoms with Crippen LogP contribution in [-0.2, 0) is 19.4 Å². The lowest BCUT2D eigenvalue weighted by Crippen LogP contribution is -2.09. The van der Waals surface area contributed by atoms with E-state index in [1.807, 2.05) is 26.0 Å². The molecule has 0 heterocycles. The number of benzene rings is 1. The molecule has 0 atom stereocenters. The molecule has 0 radical (unpaired) electrons. The van der Waals surface area contributed by atoms with E-state index in [1.54, 1.807) is 13.0 Å². The first-order valence-electron chi connectivity index (χ1n) is 7.32. The first-order chi connectivity index (χ1) is 9.86. The average molecular weight is 312 g/mol. The highest BCUT2D eigenvalue weighted by molar-refractivity contribution is 7.91. The van der Waals surface area contributed by atoms with E-state index in [0.717, 1.165) is 11.1 Å². The van der Waals surface area contributed by atoms with E-state index >= 15 is 0 Å². The van der Waals surface area contributed by atoms with Crippen molar-refractivity contribution in [3.05, 3.63) is 29.3 Å². The molecule has 4 nitrogen and oxygen atoms in total. The van der Waals surface area contributed by atoms with Gasteiger partial charge < -0.3 is 4.74 Å². The largest absolute Gasteiger partial charge is 0.466 e. The van der Waals surface area contributed by atoms with Gasteiger partial charge in [-0.05, 0) is 50.8 Å². The summed E-state index contributed by atoms with van der Waals surface area (Å²) in [7, 11) is -3.24. The second-order valence-electron chi connectivity index (χ2n) is 5.20. The Morgan fingerprint density at radius 1 is 1.14 bits per heavy atom. The fraction of sp³-hybridized carbons (Fsp3) is 0.562. The monoisotopic (exact) mass is 312 g/mol. The van der Waals surface area contributed by atoms with Gasteiger partial charge in [0, 0.05) is 6.42 Å². The summed E-state index contributed by atoms with van der Waals surface area (Å²) in [5.41, 5.74) is 1.73. The van der Waals surface area contributed by atoms with Crippen molar-refractivity contribution in [3.63, 3.8) is 0 Å². The standard InChI is InChI=1S/C16H24O4S/c1-4-20-16(17)8-6-5-7-11-21(18,19)15-12-13(2)9-10-14(15)3/h9-10,12H,4-8,11H2,1-3H3. The van der Waals surface area contributed by atoms with Gasteiger partial charge in [0.25, 0.3) is 0 Å². The molecular weight excluding hydrogens is 288 g/mol. The van der Waals surface area contributed by atoms with Gasteiger partial charge in [-0.1, -0.05) is 18.6 Å². The Balaban J connectivity index is 2.47. The first kappa shape index (κ1) is 17.7. The quantitative estimate of drug-likeness (QED) is 0.546. The third kappa shape index (κ3) is 5.87. The lowest BCUT2D eigenvalue weighted by atomic mass is 10.2.